The van der Waals surface area contributed by atoms with Crippen LogP contribution < -0.4 is 0 Å². The second-order valence-electron chi connectivity index (χ2n) is 5.68. The molecule has 1 aliphatic heterocycles. The minimum absolute atomic E-state index is 0.0951. The third-order valence-corrected chi connectivity index (χ3v) is 3.61. The molecular formula is C13H22N2O3S. The molecule has 0 unspecified atom stereocenters. The Kier molecular flexibility index (Phi) is 5.24. The standard InChI is InChI=1S/C13H22N2O3S/c1-13(2,3)11-14-15-12(18-11)19-8-7-16-9-10-5-4-6-17-10/h10H,4-9H2,1-3H3/t10-/m1/s1. The topological polar surface area (TPSA) is 57.4 Å². The summed E-state index contributed by atoms with van der Waals surface area (Å²) >= 11 is 1.53. The third-order valence-electron chi connectivity index (χ3n) is 2.83. The van der Waals surface area contributed by atoms with Gasteiger partial charge >= 0.3 is 0 Å². The molecule has 1 aromatic heterocycles. The first-order valence-electron chi connectivity index (χ1n) is 6.72. The van der Waals surface area contributed by atoms with Gasteiger partial charge in [0, 0.05) is 17.8 Å². The summed E-state index contributed by atoms with van der Waals surface area (Å²) in [6, 6.07) is 0. The fraction of sp³-hybridized carbons (Fsp3) is 0.846. The summed E-state index contributed by atoms with van der Waals surface area (Å²) in [6.07, 6.45) is 2.56. The summed E-state index contributed by atoms with van der Waals surface area (Å²) in [5.41, 5.74) is -0.0951. The van der Waals surface area contributed by atoms with Crippen LogP contribution in [0.1, 0.15) is 39.5 Å². The molecule has 1 fully saturated rings. The highest BCUT2D eigenvalue weighted by Gasteiger charge is 2.21. The molecule has 1 aromatic rings. The van der Waals surface area contributed by atoms with Gasteiger partial charge < -0.3 is 13.9 Å². The van der Waals surface area contributed by atoms with E-state index in [4.69, 9.17) is 13.9 Å². The highest BCUT2D eigenvalue weighted by Crippen LogP contribution is 2.24. The van der Waals surface area contributed by atoms with Crippen LogP contribution in [0.15, 0.2) is 9.64 Å². The average Bonchev–Trinajstić information content (AvgIpc) is 2.97. The Labute approximate surface area is 118 Å². The first kappa shape index (κ1) is 14.8. The molecule has 0 aromatic carbocycles. The molecule has 108 valence electrons. The first-order chi connectivity index (χ1) is 9.05. The second kappa shape index (κ2) is 6.72. The Bertz CT molecular complexity index is 383. The van der Waals surface area contributed by atoms with Crippen LogP contribution in [-0.4, -0.2) is 41.9 Å². The largest absolute Gasteiger partial charge is 0.415 e. The van der Waals surface area contributed by atoms with Gasteiger partial charge in [-0.3, -0.25) is 0 Å². The van der Waals surface area contributed by atoms with Crippen molar-refractivity contribution in [3.8, 4) is 0 Å². The molecule has 0 radical (unpaired) electrons. The van der Waals surface area contributed by atoms with Crippen LogP contribution in [0.4, 0.5) is 0 Å². The molecule has 0 N–H and O–H groups in total. The molecular weight excluding hydrogens is 264 g/mol. The number of hydrogen-bond acceptors (Lipinski definition) is 6. The van der Waals surface area contributed by atoms with Crippen molar-refractivity contribution >= 4 is 11.8 Å². The number of nitrogens with zero attached hydrogens (tertiary/aromatic N) is 2. The molecule has 0 bridgehead atoms. The van der Waals surface area contributed by atoms with Gasteiger partial charge in [0.25, 0.3) is 5.22 Å². The van der Waals surface area contributed by atoms with E-state index >= 15 is 0 Å². The Morgan fingerprint density at radius 2 is 2.21 bits per heavy atom. The lowest BCUT2D eigenvalue weighted by Crippen LogP contribution is -2.15. The van der Waals surface area contributed by atoms with E-state index in [0.29, 0.717) is 30.4 Å². The minimum Gasteiger partial charge on any atom is -0.415 e. The molecule has 1 saturated heterocycles. The minimum atomic E-state index is -0.0951. The van der Waals surface area contributed by atoms with E-state index in [1.807, 2.05) is 0 Å². The fourth-order valence-corrected chi connectivity index (χ4v) is 2.36. The van der Waals surface area contributed by atoms with Crippen molar-refractivity contribution in [3.05, 3.63) is 5.89 Å². The molecule has 0 saturated carbocycles. The van der Waals surface area contributed by atoms with Gasteiger partial charge in [-0.15, -0.1) is 10.2 Å². The molecule has 0 amide bonds. The van der Waals surface area contributed by atoms with E-state index < -0.39 is 0 Å². The summed E-state index contributed by atoms with van der Waals surface area (Å²) in [5, 5.41) is 8.69. The van der Waals surface area contributed by atoms with Gasteiger partial charge in [-0.25, -0.2) is 0 Å². The summed E-state index contributed by atoms with van der Waals surface area (Å²) in [4.78, 5) is 0. The Balaban J connectivity index is 1.61. The van der Waals surface area contributed by atoms with Crippen molar-refractivity contribution in [2.24, 2.45) is 0 Å². The summed E-state index contributed by atoms with van der Waals surface area (Å²) in [6.45, 7) is 8.41. The lowest BCUT2D eigenvalue weighted by molar-refractivity contribution is 0.0225. The van der Waals surface area contributed by atoms with E-state index in [0.717, 1.165) is 25.2 Å². The molecule has 0 aliphatic carbocycles. The van der Waals surface area contributed by atoms with E-state index in [1.165, 1.54) is 11.8 Å². The zero-order valence-electron chi connectivity index (χ0n) is 11.8. The predicted octanol–water partition coefficient (Wildman–Crippen LogP) is 2.65. The molecule has 1 atom stereocenters. The van der Waals surface area contributed by atoms with E-state index in [2.05, 4.69) is 31.0 Å². The van der Waals surface area contributed by atoms with Crippen molar-refractivity contribution < 1.29 is 13.9 Å². The van der Waals surface area contributed by atoms with Crippen molar-refractivity contribution in [1.29, 1.82) is 0 Å². The molecule has 19 heavy (non-hydrogen) atoms. The van der Waals surface area contributed by atoms with E-state index in [-0.39, 0.29) is 5.41 Å². The lowest BCUT2D eigenvalue weighted by atomic mass is 9.97. The maximum absolute atomic E-state index is 5.59. The summed E-state index contributed by atoms with van der Waals surface area (Å²) in [5.74, 6) is 1.49. The Morgan fingerprint density at radius 3 is 2.84 bits per heavy atom. The summed E-state index contributed by atoms with van der Waals surface area (Å²) < 4.78 is 16.7. The number of hydrogen-bond donors (Lipinski definition) is 0. The van der Waals surface area contributed by atoms with Crippen LogP contribution in [0.2, 0.25) is 0 Å². The van der Waals surface area contributed by atoms with Crippen LogP contribution in [0.5, 0.6) is 0 Å². The van der Waals surface area contributed by atoms with Gasteiger partial charge in [0.15, 0.2) is 0 Å². The molecule has 1 aliphatic rings. The smallest absolute Gasteiger partial charge is 0.276 e. The van der Waals surface area contributed by atoms with Crippen molar-refractivity contribution in [1.82, 2.24) is 10.2 Å². The van der Waals surface area contributed by atoms with Crippen LogP contribution in [0, 0.1) is 0 Å². The van der Waals surface area contributed by atoms with Crippen molar-refractivity contribution in [2.45, 2.75) is 50.4 Å². The average molecular weight is 286 g/mol. The maximum Gasteiger partial charge on any atom is 0.276 e. The Morgan fingerprint density at radius 1 is 1.37 bits per heavy atom. The molecule has 2 rings (SSSR count). The van der Waals surface area contributed by atoms with Crippen molar-refractivity contribution in [2.75, 3.05) is 25.6 Å². The van der Waals surface area contributed by atoms with Gasteiger partial charge in [-0.05, 0) is 12.8 Å². The van der Waals surface area contributed by atoms with Crippen LogP contribution in [-0.2, 0) is 14.9 Å². The van der Waals surface area contributed by atoms with E-state index in [1.54, 1.807) is 0 Å². The first-order valence-corrected chi connectivity index (χ1v) is 7.70. The number of aromatic nitrogens is 2. The van der Waals surface area contributed by atoms with Crippen LogP contribution in [0.3, 0.4) is 0 Å². The number of ether oxygens (including phenoxy) is 2. The van der Waals surface area contributed by atoms with Gasteiger partial charge in [-0.1, -0.05) is 32.5 Å². The lowest BCUT2D eigenvalue weighted by Gasteiger charge is -2.11. The molecule has 0 spiro atoms. The molecule has 5 nitrogen and oxygen atoms in total. The zero-order chi connectivity index (χ0) is 13.7. The number of rotatable bonds is 6. The van der Waals surface area contributed by atoms with Crippen LogP contribution in [0.25, 0.3) is 0 Å². The van der Waals surface area contributed by atoms with Crippen LogP contribution >= 0.6 is 11.8 Å². The van der Waals surface area contributed by atoms with Gasteiger partial charge in [0.05, 0.1) is 19.3 Å². The van der Waals surface area contributed by atoms with Gasteiger partial charge in [0.2, 0.25) is 5.89 Å². The van der Waals surface area contributed by atoms with E-state index in [9.17, 15) is 0 Å². The van der Waals surface area contributed by atoms with Crippen molar-refractivity contribution in [3.63, 3.8) is 0 Å². The summed E-state index contributed by atoms with van der Waals surface area (Å²) in [7, 11) is 0. The highest BCUT2D eigenvalue weighted by molar-refractivity contribution is 7.99. The Hall–Kier alpha value is -0.590. The second-order valence-corrected chi connectivity index (χ2v) is 6.73. The fourth-order valence-electron chi connectivity index (χ4n) is 1.75. The SMILES string of the molecule is CC(C)(C)c1nnc(SCCOC[C@H]2CCCO2)o1. The third kappa shape index (κ3) is 4.78. The zero-order valence-corrected chi connectivity index (χ0v) is 12.7. The number of thioether (sulfide) groups is 1. The monoisotopic (exact) mass is 286 g/mol. The van der Waals surface area contributed by atoms with Gasteiger partial charge in [-0.2, -0.15) is 0 Å². The quantitative estimate of drug-likeness (QED) is 0.592. The predicted molar refractivity (Wildman–Crippen MR) is 73.5 cm³/mol. The van der Waals surface area contributed by atoms with Gasteiger partial charge in [0.1, 0.15) is 0 Å². The normalized spacial score (nSPS) is 20.1. The maximum atomic E-state index is 5.59. The molecule has 2 heterocycles. The highest BCUT2D eigenvalue weighted by atomic mass is 32.2. The molecule has 6 heteroatoms.